The first-order chi connectivity index (χ1) is 6.06. The molecule has 0 aromatic rings. The Morgan fingerprint density at radius 1 is 1.07 bits per heavy atom. The van der Waals surface area contributed by atoms with Crippen molar-refractivity contribution in [1.29, 1.82) is 0 Å². The molecule has 0 aromatic carbocycles. The van der Waals surface area contributed by atoms with Crippen LogP contribution in [0.1, 0.15) is 0 Å². The van der Waals surface area contributed by atoms with Gasteiger partial charge < -0.3 is 0 Å². The molecule has 1 rings (SSSR count). The van der Waals surface area contributed by atoms with Crippen molar-refractivity contribution >= 4 is 41.9 Å². The van der Waals surface area contributed by atoms with Crippen LogP contribution < -0.4 is 0 Å². The first-order valence-corrected chi connectivity index (χ1v) is 14.5. The van der Waals surface area contributed by atoms with Gasteiger partial charge >= 0.3 is 107 Å². The molecule has 0 amide bonds. The van der Waals surface area contributed by atoms with Crippen molar-refractivity contribution < 1.29 is 0 Å². The molecule has 14 heavy (non-hydrogen) atoms. The van der Waals surface area contributed by atoms with E-state index in [1.54, 1.807) is 5.20 Å². The summed E-state index contributed by atoms with van der Waals surface area (Å²) in [6.07, 6.45) is 7.60. The molecule has 0 bridgehead atoms. The minimum atomic E-state index is -1.07. The average Bonchev–Trinajstić information content (AvgIpc) is 2.29. The van der Waals surface area contributed by atoms with E-state index in [1.165, 1.54) is 0 Å². The Morgan fingerprint density at radius 2 is 1.57 bits per heavy atom. The Balaban J connectivity index is 3.04. The molecule has 0 aliphatic heterocycles. The molecule has 0 heterocycles. The predicted octanol–water partition coefficient (Wildman–Crippen LogP) is 3.56. The van der Waals surface area contributed by atoms with E-state index < -0.39 is 16.1 Å². The number of allylic oxidation sites excluding steroid dienone is 4. The molecule has 1 aliphatic carbocycles. The second-order valence-electron chi connectivity index (χ2n) is 6.37. The van der Waals surface area contributed by atoms with Crippen molar-refractivity contribution in [3.8, 4) is 0 Å². The van der Waals surface area contributed by atoms with Gasteiger partial charge in [-0.05, 0) is 0 Å². The molecule has 76 valence electrons. The fourth-order valence-electron chi connectivity index (χ4n) is 1.51. The topological polar surface area (TPSA) is 0 Å². The third kappa shape index (κ3) is 2.50. The van der Waals surface area contributed by atoms with Crippen molar-refractivity contribution in [3.05, 3.63) is 23.4 Å². The van der Waals surface area contributed by atoms with Crippen LogP contribution in [0.15, 0.2) is 23.4 Å². The number of hydrogen-bond acceptors (Lipinski definition) is 0. The summed E-state index contributed by atoms with van der Waals surface area (Å²) in [5.41, 5.74) is 0. The van der Waals surface area contributed by atoms with Gasteiger partial charge in [-0.2, -0.15) is 0 Å². The summed E-state index contributed by atoms with van der Waals surface area (Å²) in [5, 5.41) is 1.68. The molecule has 3 heteroatoms. The van der Waals surface area contributed by atoms with Crippen LogP contribution in [0.5, 0.6) is 0 Å². The fraction of sp³-hybridized carbons (Fsp3) is 0.636. The zero-order chi connectivity index (χ0) is 11.2. The monoisotopic (exact) mass is 414 g/mol. The molecule has 1 unspecified atom stereocenters. The SMILES string of the molecule is C[Si](C)(C)C1=C[C]([Tl])([Si](C)(C)C)C=C1. The summed E-state index contributed by atoms with van der Waals surface area (Å²) in [6, 6.07) is 0. The summed E-state index contributed by atoms with van der Waals surface area (Å²) < 4.78 is 0.558. The first kappa shape index (κ1) is 12.9. The molecule has 1 aliphatic rings. The molecule has 0 N–H and O–H groups in total. The number of hydrogen-bond donors (Lipinski definition) is 0. The van der Waals surface area contributed by atoms with E-state index in [-0.39, 0.29) is 0 Å². The summed E-state index contributed by atoms with van der Waals surface area (Å²) in [5.74, 6) is 0. The van der Waals surface area contributed by atoms with E-state index in [2.05, 4.69) is 57.5 Å². The predicted molar refractivity (Wildman–Crippen MR) is 72.4 cm³/mol. The Labute approximate surface area is 107 Å². The Kier molecular flexibility index (Phi) is 3.41. The van der Waals surface area contributed by atoms with Crippen LogP contribution in [0.4, 0.5) is 0 Å². The van der Waals surface area contributed by atoms with Crippen molar-refractivity contribution in [3.63, 3.8) is 0 Å². The van der Waals surface area contributed by atoms with Crippen LogP contribution in [0.25, 0.3) is 0 Å². The number of rotatable bonds is 2. The molecule has 0 radical (unpaired) electrons. The van der Waals surface area contributed by atoms with Crippen LogP contribution in [0.2, 0.25) is 41.9 Å². The van der Waals surface area contributed by atoms with Gasteiger partial charge in [-0.15, -0.1) is 0 Å². The van der Waals surface area contributed by atoms with Gasteiger partial charge in [-0.3, -0.25) is 0 Å². The van der Waals surface area contributed by atoms with Crippen LogP contribution in [0, 0.1) is 0 Å². The maximum atomic E-state index is 2.64. The van der Waals surface area contributed by atoms with Gasteiger partial charge in [0.15, 0.2) is 0 Å². The van der Waals surface area contributed by atoms with Crippen LogP contribution in [-0.4, -0.2) is 41.9 Å². The summed E-state index contributed by atoms with van der Waals surface area (Å²) in [4.78, 5) is 0. The molecule has 0 spiro atoms. The summed E-state index contributed by atoms with van der Waals surface area (Å²) >= 11 is 1.06. The van der Waals surface area contributed by atoms with Gasteiger partial charge in [0.1, 0.15) is 0 Å². The second kappa shape index (κ2) is 3.70. The third-order valence-electron chi connectivity index (χ3n) is 3.10. The van der Waals surface area contributed by atoms with Gasteiger partial charge in [-0.25, -0.2) is 0 Å². The molecule has 0 saturated carbocycles. The standard InChI is InChI=1S/C11H21Si2.Tl/c1-12(2,3)10-7-8-11(9-10)13(4,5)6;/h7-9H,1-6H3;. The van der Waals surface area contributed by atoms with Gasteiger partial charge in [-0.1, -0.05) is 0 Å². The van der Waals surface area contributed by atoms with Crippen molar-refractivity contribution in [1.82, 2.24) is 0 Å². The molecule has 0 aromatic heterocycles. The summed E-state index contributed by atoms with van der Waals surface area (Å²) in [7, 11) is -2.10. The van der Waals surface area contributed by atoms with E-state index >= 15 is 0 Å². The van der Waals surface area contributed by atoms with Crippen molar-refractivity contribution in [2.75, 3.05) is 0 Å². The molecule has 0 nitrogen and oxygen atoms in total. The summed E-state index contributed by atoms with van der Waals surface area (Å²) in [6.45, 7) is 14.8. The fourth-order valence-corrected chi connectivity index (χ4v) is 5.81. The van der Waals surface area contributed by atoms with Gasteiger partial charge in [0, 0.05) is 0 Å². The van der Waals surface area contributed by atoms with Gasteiger partial charge in [0.05, 0.1) is 0 Å². The maximum absolute atomic E-state index is 2.64. The van der Waals surface area contributed by atoms with Gasteiger partial charge in [0.2, 0.25) is 0 Å². The van der Waals surface area contributed by atoms with E-state index in [0.717, 1.165) is 25.8 Å². The third-order valence-corrected chi connectivity index (χ3v) is 19.5. The Hall–Kier alpha value is 0.836. The van der Waals surface area contributed by atoms with E-state index in [0.29, 0.717) is 2.60 Å². The van der Waals surface area contributed by atoms with Crippen LogP contribution in [0.3, 0.4) is 0 Å². The second-order valence-corrected chi connectivity index (χ2v) is 22.8. The van der Waals surface area contributed by atoms with Crippen molar-refractivity contribution in [2.24, 2.45) is 0 Å². The van der Waals surface area contributed by atoms with Crippen LogP contribution in [-0.2, 0) is 0 Å². The quantitative estimate of drug-likeness (QED) is 0.607. The normalized spacial score (nSPS) is 27.9. The first-order valence-electron chi connectivity index (χ1n) is 5.28. The average molecular weight is 414 g/mol. The van der Waals surface area contributed by atoms with E-state index in [4.69, 9.17) is 0 Å². The van der Waals surface area contributed by atoms with Gasteiger partial charge in [0.25, 0.3) is 0 Å². The van der Waals surface area contributed by atoms with E-state index in [1.807, 2.05) is 0 Å². The minimum absolute atomic E-state index is 0.558. The van der Waals surface area contributed by atoms with Crippen LogP contribution >= 0.6 is 0 Å². The zero-order valence-electron chi connectivity index (χ0n) is 10.3. The molecule has 0 saturated heterocycles. The molecule has 1 atom stereocenters. The van der Waals surface area contributed by atoms with Crippen molar-refractivity contribution in [2.45, 2.75) is 41.9 Å². The molecule has 0 fully saturated rings. The van der Waals surface area contributed by atoms with E-state index in [9.17, 15) is 0 Å². The Morgan fingerprint density at radius 3 is 1.79 bits per heavy atom. The molecular formula is C11H21Si2Tl. The molecular weight excluding hydrogens is 393 g/mol. The Bertz CT molecular complexity index is 291. The zero-order valence-corrected chi connectivity index (χ0v) is 16.8.